The molecule has 0 spiro atoms. The Kier molecular flexibility index (Phi) is 7.48. The molecule has 0 aliphatic carbocycles. The number of nitrogens with zero attached hydrogens (tertiary/aromatic N) is 4. The van der Waals surface area contributed by atoms with Crippen LogP contribution in [0.1, 0.15) is 17.0 Å². The van der Waals surface area contributed by atoms with Crippen molar-refractivity contribution in [1.82, 2.24) is 15.0 Å². The molecule has 0 unspecified atom stereocenters. The molecule has 2 heterocycles. The highest BCUT2D eigenvalue weighted by atomic mass is 15.1. The van der Waals surface area contributed by atoms with Crippen molar-refractivity contribution >= 4 is 17.9 Å². The number of anilines is 2. The molecule has 7 heteroatoms. The lowest BCUT2D eigenvalue weighted by atomic mass is 10.0. The number of aromatic nitrogens is 3. The van der Waals surface area contributed by atoms with Gasteiger partial charge in [0, 0.05) is 66.5 Å². The second kappa shape index (κ2) is 10.7. The molecule has 0 amide bonds. The van der Waals surface area contributed by atoms with Gasteiger partial charge in [-0.15, -0.1) is 0 Å². The third-order valence-corrected chi connectivity index (χ3v) is 4.64. The molecular formula is C25H27N7. The second-order valence-electron chi connectivity index (χ2n) is 7.11. The Hall–Kier alpha value is -4.26. The maximum atomic E-state index is 5.67. The molecule has 0 bridgehead atoms. The van der Waals surface area contributed by atoms with Gasteiger partial charge in [0.1, 0.15) is 0 Å². The Labute approximate surface area is 188 Å². The van der Waals surface area contributed by atoms with E-state index in [0.29, 0.717) is 18.1 Å². The van der Waals surface area contributed by atoms with Crippen LogP contribution in [0.3, 0.4) is 0 Å². The van der Waals surface area contributed by atoms with Gasteiger partial charge < -0.3 is 16.4 Å². The zero-order valence-corrected chi connectivity index (χ0v) is 18.3. The third kappa shape index (κ3) is 5.89. The highest BCUT2D eigenvalue weighted by Gasteiger charge is 2.12. The maximum Gasteiger partial charge on any atom is 0.227 e. The van der Waals surface area contributed by atoms with Crippen molar-refractivity contribution < 1.29 is 0 Å². The van der Waals surface area contributed by atoms with Crippen molar-refractivity contribution in [3.8, 4) is 11.1 Å². The fourth-order valence-electron chi connectivity index (χ4n) is 3.05. The second-order valence-corrected chi connectivity index (χ2v) is 7.11. The van der Waals surface area contributed by atoms with Crippen molar-refractivity contribution in [3.63, 3.8) is 0 Å². The van der Waals surface area contributed by atoms with Crippen molar-refractivity contribution in [3.05, 3.63) is 103 Å². The van der Waals surface area contributed by atoms with Gasteiger partial charge in [-0.1, -0.05) is 31.4 Å². The number of benzene rings is 1. The minimum Gasteiger partial charge on any atom is -0.403 e. The van der Waals surface area contributed by atoms with E-state index in [2.05, 4.69) is 50.9 Å². The number of hydrogen-bond acceptors (Lipinski definition) is 7. The normalized spacial score (nSPS) is 11.4. The van der Waals surface area contributed by atoms with Crippen molar-refractivity contribution in [1.29, 1.82) is 0 Å². The van der Waals surface area contributed by atoms with E-state index < -0.39 is 0 Å². The number of aliphatic imine (C=N–C) groups is 1. The van der Waals surface area contributed by atoms with Gasteiger partial charge in [-0.25, -0.2) is 9.97 Å². The van der Waals surface area contributed by atoms with Crippen LogP contribution in [0.15, 0.2) is 90.6 Å². The molecule has 0 saturated carbocycles. The van der Waals surface area contributed by atoms with E-state index in [-0.39, 0.29) is 0 Å². The molecule has 1 aromatic carbocycles. The van der Waals surface area contributed by atoms with Crippen LogP contribution in [0, 0.1) is 6.92 Å². The van der Waals surface area contributed by atoms with E-state index in [4.69, 9.17) is 10.7 Å². The first-order valence-electron chi connectivity index (χ1n) is 10.1. The van der Waals surface area contributed by atoms with E-state index in [1.165, 1.54) is 6.20 Å². The smallest absolute Gasteiger partial charge is 0.227 e. The third-order valence-electron chi connectivity index (χ3n) is 4.64. The van der Waals surface area contributed by atoms with Gasteiger partial charge in [0.2, 0.25) is 5.95 Å². The zero-order chi connectivity index (χ0) is 22.9. The number of nitrogens with one attached hydrogen (secondary N) is 2. The summed E-state index contributed by atoms with van der Waals surface area (Å²) in [6, 6.07) is 12.1. The number of aryl methyl sites for hydroxylation is 1. The monoisotopic (exact) mass is 425 g/mol. The van der Waals surface area contributed by atoms with Gasteiger partial charge in [0.05, 0.1) is 11.4 Å². The highest BCUT2D eigenvalue weighted by molar-refractivity contribution is 5.82. The Bertz CT molecular complexity index is 1160. The van der Waals surface area contributed by atoms with Crippen molar-refractivity contribution in [2.45, 2.75) is 13.3 Å². The first kappa shape index (κ1) is 22.4. The number of rotatable bonds is 9. The molecule has 3 rings (SSSR count). The zero-order valence-electron chi connectivity index (χ0n) is 18.3. The number of nitrogens with two attached hydrogens (primary N) is 1. The molecule has 0 aliphatic heterocycles. The summed E-state index contributed by atoms with van der Waals surface area (Å²) < 4.78 is 0. The summed E-state index contributed by atoms with van der Waals surface area (Å²) >= 11 is 0. The first-order valence-corrected chi connectivity index (χ1v) is 10.1. The lowest BCUT2D eigenvalue weighted by molar-refractivity contribution is 1.03. The lowest BCUT2D eigenvalue weighted by Gasteiger charge is -2.13. The average Bonchev–Trinajstić information content (AvgIpc) is 2.80. The minimum absolute atomic E-state index is 0.440. The van der Waals surface area contributed by atoms with E-state index >= 15 is 0 Å². The quantitative estimate of drug-likeness (QED) is 0.346. The lowest BCUT2D eigenvalue weighted by Crippen LogP contribution is -2.09. The molecule has 32 heavy (non-hydrogen) atoms. The number of pyridine rings is 1. The molecule has 162 valence electrons. The summed E-state index contributed by atoms with van der Waals surface area (Å²) in [4.78, 5) is 17.7. The van der Waals surface area contributed by atoms with Crippen LogP contribution in [0.2, 0.25) is 0 Å². The van der Waals surface area contributed by atoms with Crippen LogP contribution in [-0.2, 0) is 6.42 Å². The van der Waals surface area contributed by atoms with E-state index in [9.17, 15) is 0 Å². The first-order chi connectivity index (χ1) is 15.5. The predicted octanol–water partition coefficient (Wildman–Crippen LogP) is 4.46. The fourth-order valence-corrected chi connectivity index (χ4v) is 3.05. The molecule has 0 atom stereocenters. The van der Waals surface area contributed by atoms with Crippen LogP contribution in [0.25, 0.3) is 11.1 Å². The molecule has 0 saturated heterocycles. The van der Waals surface area contributed by atoms with Gasteiger partial charge in [0.25, 0.3) is 0 Å². The molecule has 3 aromatic rings. The van der Waals surface area contributed by atoms with Crippen molar-refractivity contribution in [2.75, 3.05) is 17.7 Å². The summed E-state index contributed by atoms with van der Waals surface area (Å²) in [7, 11) is 1.67. The summed E-state index contributed by atoms with van der Waals surface area (Å²) in [6.45, 7) is 9.61. The Morgan fingerprint density at radius 3 is 2.69 bits per heavy atom. The van der Waals surface area contributed by atoms with Crippen molar-refractivity contribution in [2.24, 2.45) is 10.7 Å². The molecule has 0 aliphatic rings. The molecule has 4 N–H and O–H groups in total. The Morgan fingerprint density at radius 2 is 2.00 bits per heavy atom. The fraction of sp³-hybridized carbons (Fsp3) is 0.120. The summed E-state index contributed by atoms with van der Waals surface area (Å²) in [5.74, 6) is 0.440. The van der Waals surface area contributed by atoms with Crippen LogP contribution in [0.4, 0.5) is 11.6 Å². The summed E-state index contributed by atoms with van der Waals surface area (Å²) in [6.07, 6.45) is 8.96. The molecule has 2 aromatic heterocycles. The van der Waals surface area contributed by atoms with Gasteiger partial charge in [-0.05, 0) is 36.8 Å². The summed E-state index contributed by atoms with van der Waals surface area (Å²) in [5, 5.41) is 6.33. The van der Waals surface area contributed by atoms with Crippen LogP contribution in [0.5, 0.6) is 0 Å². The highest BCUT2D eigenvalue weighted by Crippen LogP contribution is 2.26. The van der Waals surface area contributed by atoms with Gasteiger partial charge in [-0.3, -0.25) is 9.98 Å². The number of hydrogen-bond donors (Lipinski definition) is 3. The Balaban J connectivity index is 1.99. The maximum absolute atomic E-state index is 5.67. The molecule has 7 nitrogen and oxygen atoms in total. The van der Waals surface area contributed by atoms with Gasteiger partial charge in [0.15, 0.2) is 0 Å². The average molecular weight is 426 g/mol. The molecule has 0 fully saturated rings. The van der Waals surface area contributed by atoms with Crippen LogP contribution in [-0.4, -0.2) is 28.2 Å². The largest absolute Gasteiger partial charge is 0.403 e. The van der Waals surface area contributed by atoms with Crippen LogP contribution < -0.4 is 16.4 Å². The standard InChI is InChI=1S/C25H27N7/c1-5-17(2)30-21-8-6-7-19(11-21)12-24-23(20-10-9-18(3)28-14-20)16-29-25(32-24)31-22(13-26)15-27-4/h5-11,13-16,30H,1-2,12,26H2,3-4H3,(H,29,31,32)/b22-13+,27-15?. The Morgan fingerprint density at radius 1 is 1.16 bits per heavy atom. The van der Waals surface area contributed by atoms with Crippen LogP contribution >= 0.6 is 0 Å². The van der Waals surface area contributed by atoms with E-state index in [1.807, 2.05) is 37.4 Å². The van der Waals surface area contributed by atoms with E-state index in [1.54, 1.807) is 25.5 Å². The SMILES string of the molecule is C=CC(=C)Nc1cccc(Cc2nc(N/C(C=NC)=C/N)ncc2-c2ccc(C)nc2)c1. The summed E-state index contributed by atoms with van der Waals surface area (Å²) in [5.41, 5.74) is 12.7. The van der Waals surface area contributed by atoms with Gasteiger partial charge >= 0.3 is 0 Å². The number of allylic oxidation sites excluding steroid dienone is 2. The molecular weight excluding hydrogens is 398 g/mol. The van der Waals surface area contributed by atoms with Gasteiger partial charge in [-0.2, -0.15) is 0 Å². The predicted molar refractivity (Wildman–Crippen MR) is 133 cm³/mol. The van der Waals surface area contributed by atoms with E-state index in [0.717, 1.165) is 39.5 Å². The minimum atomic E-state index is 0.440. The topological polar surface area (TPSA) is 101 Å². The molecule has 0 radical (unpaired) electrons.